The molecule has 1 atom stereocenters. The lowest BCUT2D eigenvalue weighted by atomic mass is 10.1. The molecule has 0 bridgehead atoms. The van der Waals surface area contributed by atoms with Gasteiger partial charge in [-0.2, -0.15) is 0 Å². The molecule has 2 rings (SSSR count). The number of aryl methyl sites for hydroxylation is 1. The number of nitrogens with two attached hydrogens (primary N) is 1. The number of anilines is 2. The fraction of sp³-hybridized carbons (Fsp3) is 0.667. The Morgan fingerprint density at radius 2 is 2.00 bits per heavy atom. The van der Waals surface area contributed by atoms with E-state index in [9.17, 15) is 0 Å². The molecule has 4 N–H and O–H groups in total. The van der Waals surface area contributed by atoms with Crippen molar-refractivity contribution in [2.24, 2.45) is 5.84 Å². The third-order valence-electron chi connectivity index (χ3n) is 3.36. The highest BCUT2D eigenvalue weighted by molar-refractivity contribution is 5.57. The van der Waals surface area contributed by atoms with Crippen molar-refractivity contribution in [1.29, 1.82) is 0 Å². The van der Waals surface area contributed by atoms with Gasteiger partial charge in [-0.15, -0.1) is 0 Å². The highest BCUT2D eigenvalue weighted by atomic mass is 15.3. The zero-order valence-electron chi connectivity index (χ0n) is 11.3. The van der Waals surface area contributed by atoms with Gasteiger partial charge in [0.2, 0.25) is 0 Å². The first-order chi connectivity index (χ1) is 8.60. The number of hydrogen-bond donors (Lipinski definition) is 3. The summed E-state index contributed by atoms with van der Waals surface area (Å²) in [4.78, 5) is 11.1. The third kappa shape index (κ3) is 2.88. The number of piperidine rings is 1. The van der Waals surface area contributed by atoms with Gasteiger partial charge in [0.15, 0.2) is 0 Å². The van der Waals surface area contributed by atoms with Gasteiger partial charge in [-0.05, 0) is 40.3 Å². The molecule has 0 spiro atoms. The smallest absolute Gasteiger partial charge is 0.148 e. The fourth-order valence-electron chi connectivity index (χ4n) is 2.39. The highest BCUT2D eigenvalue weighted by Gasteiger charge is 2.19. The molecule has 1 aliphatic rings. The zero-order valence-corrected chi connectivity index (χ0v) is 11.3. The molecule has 2 heterocycles. The van der Waals surface area contributed by atoms with Crippen LogP contribution in [-0.4, -0.2) is 41.0 Å². The fourth-order valence-corrected chi connectivity index (χ4v) is 2.39. The molecular formula is C12H22N6. The van der Waals surface area contributed by atoms with Crippen molar-refractivity contribution in [3.8, 4) is 0 Å². The number of likely N-dealkylation sites (tertiary alicyclic amines) is 1. The molecule has 0 aliphatic carbocycles. The van der Waals surface area contributed by atoms with E-state index in [-0.39, 0.29) is 0 Å². The number of nitrogens with zero attached hydrogens (tertiary/aromatic N) is 3. The number of hydrogen-bond acceptors (Lipinski definition) is 6. The summed E-state index contributed by atoms with van der Waals surface area (Å²) in [6, 6.07) is 0.447. The number of nitrogen functional groups attached to an aromatic ring is 1. The molecule has 0 saturated carbocycles. The predicted octanol–water partition coefficient (Wildman–Crippen LogP) is 0.885. The average molecular weight is 250 g/mol. The molecule has 0 aromatic carbocycles. The van der Waals surface area contributed by atoms with Gasteiger partial charge in [0.1, 0.15) is 17.5 Å². The van der Waals surface area contributed by atoms with Gasteiger partial charge in [0.25, 0.3) is 0 Å². The summed E-state index contributed by atoms with van der Waals surface area (Å²) in [7, 11) is 2.15. The van der Waals surface area contributed by atoms with E-state index in [2.05, 4.69) is 32.7 Å². The van der Waals surface area contributed by atoms with Gasteiger partial charge >= 0.3 is 0 Å². The standard InChI is InChI=1S/C12H22N6/c1-8-11(14-9(2)15-12(8)17-13)16-10-5-4-6-18(3)7-10/h10H,4-7,13H2,1-3H3,(H2,14,15,16,17). The van der Waals surface area contributed by atoms with E-state index in [0.717, 1.165) is 23.8 Å². The lowest BCUT2D eigenvalue weighted by molar-refractivity contribution is 0.260. The van der Waals surface area contributed by atoms with Gasteiger partial charge in [0.05, 0.1) is 0 Å². The summed E-state index contributed by atoms with van der Waals surface area (Å²) in [6.07, 6.45) is 2.40. The van der Waals surface area contributed by atoms with Gasteiger partial charge < -0.3 is 15.6 Å². The van der Waals surface area contributed by atoms with Crippen LogP contribution in [0.2, 0.25) is 0 Å². The second-order valence-corrected chi connectivity index (χ2v) is 4.98. The highest BCUT2D eigenvalue weighted by Crippen LogP contribution is 2.21. The minimum atomic E-state index is 0.447. The van der Waals surface area contributed by atoms with Crippen LogP contribution in [0.1, 0.15) is 24.2 Å². The van der Waals surface area contributed by atoms with Crippen LogP contribution in [0.3, 0.4) is 0 Å². The van der Waals surface area contributed by atoms with Crippen LogP contribution in [0.5, 0.6) is 0 Å². The maximum atomic E-state index is 5.47. The molecule has 1 fully saturated rings. The molecular weight excluding hydrogens is 228 g/mol. The van der Waals surface area contributed by atoms with E-state index >= 15 is 0 Å². The number of rotatable bonds is 3. The Morgan fingerprint density at radius 3 is 2.67 bits per heavy atom. The van der Waals surface area contributed by atoms with Crippen LogP contribution >= 0.6 is 0 Å². The van der Waals surface area contributed by atoms with Crippen molar-refractivity contribution < 1.29 is 0 Å². The molecule has 6 nitrogen and oxygen atoms in total. The van der Waals surface area contributed by atoms with E-state index in [1.165, 1.54) is 19.4 Å². The summed E-state index contributed by atoms with van der Waals surface area (Å²) in [6.45, 7) is 6.07. The van der Waals surface area contributed by atoms with Gasteiger partial charge in [-0.3, -0.25) is 0 Å². The number of aromatic nitrogens is 2. The summed E-state index contributed by atoms with van der Waals surface area (Å²) < 4.78 is 0. The minimum Gasteiger partial charge on any atom is -0.366 e. The first-order valence-corrected chi connectivity index (χ1v) is 6.37. The molecule has 0 radical (unpaired) electrons. The van der Waals surface area contributed by atoms with E-state index in [0.29, 0.717) is 11.9 Å². The summed E-state index contributed by atoms with van der Waals surface area (Å²) in [5.74, 6) is 7.76. The predicted molar refractivity (Wildman–Crippen MR) is 73.5 cm³/mol. The number of likely N-dealkylation sites (N-methyl/N-ethyl adjacent to an activating group) is 1. The van der Waals surface area contributed by atoms with Crippen LogP contribution in [0.4, 0.5) is 11.6 Å². The molecule has 1 aromatic rings. The molecule has 1 aromatic heterocycles. The monoisotopic (exact) mass is 250 g/mol. The molecule has 1 aliphatic heterocycles. The van der Waals surface area contributed by atoms with Crippen molar-refractivity contribution in [3.63, 3.8) is 0 Å². The van der Waals surface area contributed by atoms with Crippen molar-refractivity contribution in [2.45, 2.75) is 32.7 Å². The topological polar surface area (TPSA) is 79.1 Å². The molecule has 6 heteroatoms. The molecule has 18 heavy (non-hydrogen) atoms. The number of nitrogens with one attached hydrogen (secondary N) is 2. The molecule has 0 amide bonds. The maximum Gasteiger partial charge on any atom is 0.148 e. The third-order valence-corrected chi connectivity index (χ3v) is 3.36. The van der Waals surface area contributed by atoms with Crippen LogP contribution in [-0.2, 0) is 0 Å². The SMILES string of the molecule is Cc1nc(NN)c(C)c(NC2CCCN(C)C2)n1. The first-order valence-electron chi connectivity index (χ1n) is 6.37. The Morgan fingerprint density at radius 1 is 1.28 bits per heavy atom. The van der Waals surface area contributed by atoms with E-state index in [1.54, 1.807) is 0 Å². The average Bonchev–Trinajstić information content (AvgIpc) is 2.33. The lowest BCUT2D eigenvalue weighted by Gasteiger charge is -2.31. The first kappa shape index (κ1) is 13.0. The Balaban J connectivity index is 2.15. The van der Waals surface area contributed by atoms with Crippen LogP contribution in [0, 0.1) is 13.8 Å². The minimum absolute atomic E-state index is 0.447. The lowest BCUT2D eigenvalue weighted by Crippen LogP contribution is -2.40. The van der Waals surface area contributed by atoms with Crippen LogP contribution in [0.15, 0.2) is 0 Å². The molecule has 1 saturated heterocycles. The maximum absolute atomic E-state index is 5.47. The summed E-state index contributed by atoms with van der Waals surface area (Å²) in [5, 5.41) is 3.51. The normalized spacial score (nSPS) is 20.8. The second-order valence-electron chi connectivity index (χ2n) is 4.98. The molecule has 100 valence electrons. The molecule has 1 unspecified atom stereocenters. The van der Waals surface area contributed by atoms with Gasteiger partial charge in [-0.25, -0.2) is 15.8 Å². The number of hydrazine groups is 1. The van der Waals surface area contributed by atoms with Crippen molar-refractivity contribution in [3.05, 3.63) is 11.4 Å². The Labute approximate surface area is 108 Å². The largest absolute Gasteiger partial charge is 0.366 e. The summed E-state index contributed by atoms with van der Waals surface area (Å²) in [5.41, 5.74) is 3.59. The van der Waals surface area contributed by atoms with Crippen molar-refractivity contribution in [2.75, 3.05) is 30.9 Å². The van der Waals surface area contributed by atoms with Crippen LogP contribution in [0.25, 0.3) is 0 Å². The van der Waals surface area contributed by atoms with Crippen molar-refractivity contribution >= 4 is 11.6 Å². The van der Waals surface area contributed by atoms with Gasteiger partial charge in [-0.1, -0.05) is 0 Å². The van der Waals surface area contributed by atoms with E-state index in [1.807, 2.05) is 13.8 Å². The zero-order chi connectivity index (χ0) is 13.1. The van der Waals surface area contributed by atoms with E-state index in [4.69, 9.17) is 5.84 Å². The Hall–Kier alpha value is -1.40. The second kappa shape index (κ2) is 5.49. The quantitative estimate of drug-likeness (QED) is 0.546. The van der Waals surface area contributed by atoms with Crippen molar-refractivity contribution in [1.82, 2.24) is 14.9 Å². The van der Waals surface area contributed by atoms with E-state index < -0.39 is 0 Å². The summed E-state index contributed by atoms with van der Waals surface area (Å²) >= 11 is 0. The van der Waals surface area contributed by atoms with Gasteiger partial charge in [0, 0.05) is 18.2 Å². The Kier molecular flexibility index (Phi) is 3.98. The van der Waals surface area contributed by atoms with Crippen LogP contribution < -0.4 is 16.6 Å². The Bertz CT molecular complexity index is 419.